The summed E-state index contributed by atoms with van der Waals surface area (Å²) in [6, 6.07) is 79.2. The molecule has 3 nitrogen and oxygen atoms in total. The number of rotatable bonds is 8. The monoisotopic (exact) mass is 783 g/mol. The number of aryl methyl sites for hydroxylation is 1. The zero-order valence-corrected chi connectivity index (χ0v) is 33.5. The quantitative estimate of drug-likeness (QED) is 0.153. The van der Waals surface area contributed by atoms with Crippen molar-refractivity contribution in [1.29, 1.82) is 0 Å². The van der Waals surface area contributed by atoms with E-state index in [0.29, 0.717) is 0 Å². The second-order valence-corrected chi connectivity index (χ2v) is 16.3. The van der Waals surface area contributed by atoms with Gasteiger partial charge in [0.25, 0.3) is 0 Å². The second kappa shape index (κ2) is 14.3. The van der Waals surface area contributed by atoms with E-state index < -0.39 is 5.41 Å². The van der Waals surface area contributed by atoms with Crippen LogP contribution < -0.4 is 4.74 Å². The van der Waals surface area contributed by atoms with Crippen LogP contribution in [0.4, 0.5) is 0 Å². The Balaban J connectivity index is 1.10. The Labute approximate surface area is 354 Å². The summed E-state index contributed by atoms with van der Waals surface area (Å²) in [6.07, 6.45) is 2.01. The summed E-state index contributed by atoms with van der Waals surface area (Å²) in [5, 5.41) is 4.55. The van der Waals surface area contributed by atoms with Gasteiger partial charge in [-0.25, -0.2) is 0 Å². The zero-order valence-electron chi connectivity index (χ0n) is 33.5. The van der Waals surface area contributed by atoms with E-state index in [0.717, 1.165) is 79.5 Å². The minimum Gasteiger partial charge on any atom is -0.457 e. The molecular weight excluding hydrogens is 743 g/mol. The molecule has 3 heteroatoms. The number of ether oxygens (including phenoxy) is 1. The van der Waals surface area contributed by atoms with Crippen molar-refractivity contribution in [2.45, 2.75) is 24.2 Å². The van der Waals surface area contributed by atoms with Crippen molar-refractivity contribution in [3.63, 3.8) is 0 Å². The maximum atomic E-state index is 6.75. The SMILES string of the molecule is c1ccc(CCC(c2ccccc2)c2ccc(C3(c4ccc5c(c4)c4cc6oc7ccccc7c6cc4n5-c4ccccc4)c4ccccc4Oc4ccccc43)cc2)cc1. The molecule has 290 valence electrons. The van der Waals surface area contributed by atoms with Gasteiger partial charge in [0.05, 0.1) is 16.4 Å². The van der Waals surface area contributed by atoms with Gasteiger partial charge in [-0.2, -0.15) is 0 Å². The van der Waals surface area contributed by atoms with Gasteiger partial charge in [0.1, 0.15) is 22.7 Å². The van der Waals surface area contributed by atoms with Crippen molar-refractivity contribution in [3.05, 3.63) is 257 Å². The molecule has 0 saturated heterocycles. The Bertz CT molecular complexity index is 3340. The van der Waals surface area contributed by atoms with E-state index in [1.165, 1.54) is 33.2 Å². The highest BCUT2D eigenvalue weighted by molar-refractivity contribution is 6.17. The maximum absolute atomic E-state index is 6.75. The Hall–Kier alpha value is -7.62. The fourth-order valence-electron chi connectivity index (χ4n) is 10.2. The largest absolute Gasteiger partial charge is 0.457 e. The molecule has 3 heterocycles. The van der Waals surface area contributed by atoms with Gasteiger partial charge in [-0.15, -0.1) is 0 Å². The normalized spacial score (nSPS) is 13.6. The molecule has 2 aromatic heterocycles. The molecule has 0 saturated carbocycles. The number of para-hydroxylation sites is 4. The van der Waals surface area contributed by atoms with E-state index in [-0.39, 0.29) is 5.92 Å². The summed E-state index contributed by atoms with van der Waals surface area (Å²) in [6.45, 7) is 0. The summed E-state index contributed by atoms with van der Waals surface area (Å²) in [4.78, 5) is 0. The fraction of sp³-hybridized carbons (Fsp3) is 0.0690. The van der Waals surface area contributed by atoms with Gasteiger partial charge < -0.3 is 13.7 Å². The molecule has 0 radical (unpaired) electrons. The number of furan rings is 1. The molecule has 0 aliphatic carbocycles. The van der Waals surface area contributed by atoms with E-state index >= 15 is 0 Å². The summed E-state index contributed by atoms with van der Waals surface area (Å²) in [5.74, 6) is 1.98. The third-order valence-corrected chi connectivity index (χ3v) is 13.0. The topological polar surface area (TPSA) is 27.3 Å². The molecule has 0 fully saturated rings. The molecule has 1 aliphatic rings. The van der Waals surface area contributed by atoms with Crippen LogP contribution in [0.2, 0.25) is 0 Å². The Morgan fingerprint density at radius 3 is 1.75 bits per heavy atom. The van der Waals surface area contributed by atoms with E-state index in [1.54, 1.807) is 0 Å². The van der Waals surface area contributed by atoms with Crippen LogP contribution in [0.5, 0.6) is 11.5 Å². The van der Waals surface area contributed by atoms with Crippen LogP contribution in [0.3, 0.4) is 0 Å². The molecule has 0 spiro atoms. The number of fused-ring (bicyclic) bond motifs is 8. The van der Waals surface area contributed by atoms with Crippen LogP contribution in [0, 0.1) is 0 Å². The Morgan fingerprint density at radius 1 is 0.426 bits per heavy atom. The molecule has 9 aromatic carbocycles. The van der Waals surface area contributed by atoms with E-state index in [9.17, 15) is 0 Å². The number of hydrogen-bond donors (Lipinski definition) is 0. The molecule has 0 N–H and O–H groups in total. The highest BCUT2D eigenvalue weighted by Crippen LogP contribution is 2.56. The third-order valence-electron chi connectivity index (χ3n) is 13.0. The zero-order chi connectivity index (χ0) is 40.3. The number of hydrogen-bond acceptors (Lipinski definition) is 2. The average molecular weight is 784 g/mol. The lowest BCUT2D eigenvalue weighted by molar-refractivity contribution is 0.434. The van der Waals surface area contributed by atoms with E-state index in [4.69, 9.17) is 9.15 Å². The molecule has 0 amide bonds. The minimum atomic E-state index is -0.685. The molecular formula is C58H41NO2. The van der Waals surface area contributed by atoms with Gasteiger partial charge in [0, 0.05) is 44.3 Å². The van der Waals surface area contributed by atoms with Crippen LogP contribution in [-0.2, 0) is 11.8 Å². The summed E-state index contributed by atoms with van der Waals surface area (Å²) >= 11 is 0. The second-order valence-electron chi connectivity index (χ2n) is 16.3. The van der Waals surface area contributed by atoms with E-state index in [1.807, 2.05) is 6.07 Å². The number of benzene rings is 9. The minimum absolute atomic E-state index is 0.246. The summed E-state index contributed by atoms with van der Waals surface area (Å²) in [7, 11) is 0. The predicted molar refractivity (Wildman–Crippen MR) is 249 cm³/mol. The van der Waals surface area contributed by atoms with Crippen LogP contribution >= 0.6 is 0 Å². The molecule has 1 atom stereocenters. The Morgan fingerprint density at radius 2 is 1.02 bits per heavy atom. The van der Waals surface area contributed by atoms with Crippen molar-refractivity contribution < 1.29 is 9.15 Å². The molecule has 1 unspecified atom stereocenters. The van der Waals surface area contributed by atoms with Crippen molar-refractivity contribution in [2.24, 2.45) is 0 Å². The van der Waals surface area contributed by atoms with Gasteiger partial charge in [-0.3, -0.25) is 0 Å². The first kappa shape index (κ1) is 35.3. The standard InChI is InChI=1S/C58H41NO2/c1-4-16-39(17-5-1)28-34-45(40-18-6-2-7-19-40)41-29-31-42(32-30-41)58(50-23-11-14-26-55(50)61-56-27-15-12-24-51(56)58)43-33-35-52-47(36-43)48-38-57-49(46-22-10-13-25-54(46)60-57)37-53(48)59(52)44-20-8-3-9-21-44/h1-27,29-33,35-38,45H,28,34H2. The van der Waals surface area contributed by atoms with Gasteiger partial charge in [0.2, 0.25) is 0 Å². The lowest BCUT2D eigenvalue weighted by Gasteiger charge is -2.41. The molecule has 12 rings (SSSR count). The first-order valence-electron chi connectivity index (χ1n) is 21.3. The fourth-order valence-corrected chi connectivity index (χ4v) is 10.2. The van der Waals surface area contributed by atoms with Crippen LogP contribution in [0.15, 0.2) is 223 Å². The summed E-state index contributed by atoms with van der Waals surface area (Å²) < 4.78 is 15.7. The highest BCUT2D eigenvalue weighted by atomic mass is 16.5. The van der Waals surface area contributed by atoms with Crippen LogP contribution in [-0.4, -0.2) is 4.57 Å². The number of aromatic nitrogens is 1. The third kappa shape index (κ3) is 5.65. The lowest BCUT2D eigenvalue weighted by atomic mass is 9.63. The highest BCUT2D eigenvalue weighted by Gasteiger charge is 2.45. The van der Waals surface area contributed by atoms with Crippen LogP contribution in [0.1, 0.15) is 51.3 Å². The Kier molecular flexibility index (Phi) is 8.28. The molecule has 61 heavy (non-hydrogen) atoms. The van der Waals surface area contributed by atoms with Crippen molar-refractivity contribution in [1.82, 2.24) is 4.57 Å². The molecule has 11 aromatic rings. The van der Waals surface area contributed by atoms with Gasteiger partial charge in [0.15, 0.2) is 0 Å². The first-order chi connectivity index (χ1) is 30.2. The van der Waals surface area contributed by atoms with Crippen LogP contribution in [0.25, 0.3) is 49.4 Å². The van der Waals surface area contributed by atoms with Gasteiger partial charge >= 0.3 is 0 Å². The van der Waals surface area contributed by atoms with Crippen molar-refractivity contribution >= 4 is 43.7 Å². The summed E-state index contributed by atoms with van der Waals surface area (Å²) in [5.41, 5.74) is 13.1. The average Bonchev–Trinajstić information content (AvgIpc) is 3.85. The van der Waals surface area contributed by atoms with E-state index in [2.05, 4.69) is 217 Å². The maximum Gasteiger partial charge on any atom is 0.136 e. The lowest BCUT2D eigenvalue weighted by Crippen LogP contribution is -2.34. The predicted octanol–water partition coefficient (Wildman–Crippen LogP) is 14.9. The van der Waals surface area contributed by atoms with Crippen molar-refractivity contribution in [2.75, 3.05) is 0 Å². The van der Waals surface area contributed by atoms with Crippen molar-refractivity contribution in [3.8, 4) is 17.2 Å². The molecule has 0 bridgehead atoms. The van der Waals surface area contributed by atoms with Gasteiger partial charge in [-0.1, -0.05) is 164 Å². The van der Waals surface area contributed by atoms with Gasteiger partial charge in [-0.05, 0) is 95.3 Å². The smallest absolute Gasteiger partial charge is 0.136 e. The molecule has 1 aliphatic heterocycles. The number of nitrogens with zero attached hydrogens (tertiary/aromatic N) is 1. The first-order valence-corrected chi connectivity index (χ1v) is 21.3.